The molecule has 1 aromatic carbocycles. The van der Waals surface area contributed by atoms with Gasteiger partial charge < -0.3 is 9.52 Å². The number of aryl methyl sites for hydroxylation is 2. The van der Waals surface area contributed by atoms with Gasteiger partial charge in [-0.1, -0.05) is 6.07 Å². The largest absolute Gasteiger partial charge is 0.419 e. The summed E-state index contributed by atoms with van der Waals surface area (Å²) in [7, 11) is 0. The van der Waals surface area contributed by atoms with Crippen molar-refractivity contribution >= 4 is 0 Å². The summed E-state index contributed by atoms with van der Waals surface area (Å²) in [4.78, 5) is 2.33. The van der Waals surface area contributed by atoms with Crippen LogP contribution in [-0.4, -0.2) is 39.4 Å². The lowest BCUT2D eigenvalue weighted by Crippen LogP contribution is -2.40. The molecule has 1 aliphatic rings. The van der Waals surface area contributed by atoms with Crippen molar-refractivity contribution in [2.75, 3.05) is 13.1 Å². The molecule has 0 spiro atoms. The van der Waals surface area contributed by atoms with Crippen LogP contribution in [0.1, 0.15) is 49.7 Å². The van der Waals surface area contributed by atoms with E-state index in [1.807, 2.05) is 13.0 Å². The fourth-order valence-corrected chi connectivity index (χ4v) is 3.34. The lowest BCUT2D eigenvalue weighted by atomic mass is 9.92. The van der Waals surface area contributed by atoms with E-state index < -0.39 is 0 Å². The van der Waals surface area contributed by atoms with Crippen LogP contribution in [-0.2, 0) is 0 Å². The van der Waals surface area contributed by atoms with Crippen molar-refractivity contribution in [2.45, 2.75) is 52.7 Å². The van der Waals surface area contributed by atoms with Gasteiger partial charge in [0.05, 0.1) is 12.1 Å². The lowest BCUT2D eigenvalue weighted by molar-refractivity contribution is 0.0417. The molecule has 2 heterocycles. The first-order valence-electron chi connectivity index (χ1n) is 8.79. The third kappa shape index (κ3) is 3.52. The predicted octanol–water partition coefficient (Wildman–Crippen LogP) is 3.51. The molecule has 130 valence electrons. The third-order valence-corrected chi connectivity index (χ3v) is 5.27. The molecular formula is C19H27N3O2. The first kappa shape index (κ1) is 17.1. The van der Waals surface area contributed by atoms with Gasteiger partial charge in [-0.3, -0.25) is 4.90 Å². The molecule has 1 aromatic heterocycles. The van der Waals surface area contributed by atoms with Crippen LogP contribution in [0, 0.1) is 19.8 Å². The molecule has 1 fully saturated rings. The Morgan fingerprint density at radius 2 is 2.00 bits per heavy atom. The van der Waals surface area contributed by atoms with Gasteiger partial charge in [-0.05, 0) is 76.3 Å². The summed E-state index contributed by atoms with van der Waals surface area (Å²) in [6, 6.07) is 6.26. The van der Waals surface area contributed by atoms with Gasteiger partial charge in [-0.2, -0.15) is 0 Å². The second kappa shape index (κ2) is 7.03. The molecule has 24 heavy (non-hydrogen) atoms. The second-order valence-corrected chi connectivity index (χ2v) is 7.06. The van der Waals surface area contributed by atoms with E-state index in [0.717, 1.165) is 31.5 Å². The number of likely N-dealkylation sites (tertiary alicyclic amines) is 1. The average molecular weight is 329 g/mol. The molecule has 0 bridgehead atoms. The maximum Gasteiger partial charge on any atom is 0.247 e. The Morgan fingerprint density at radius 3 is 2.71 bits per heavy atom. The van der Waals surface area contributed by atoms with Gasteiger partial charge in [0.1, 0.15) is 0 Å². The van der Waals surface area contributed by atoms with Crippen molar-refractivity contribution < 1.29 is 9.52 Å². The van der Waals surface area contributed by atoms with E-state index in [1.54, 1.807) is 0 Å². The maximum absolute atomic E-state index is 9.87. The van der Waals surface area contributed by atoms with Crippen molar-refractivity contribution in [3.63, 3.8) is 0 Å². The van der Waals surface area contributed by atoms with Gasteiger partial charge in [0.15, 0.2) is 0 Å². The Balaban J connectivity index is 1.76. The van der Waals surface area contributed by atoms with Crippen LogP contribution < -0.4 is 0 Å². The number of piperidine rings is 1. The van der Waals surface area contributed by atoms with Crippen molar-refractivity contribution in [1.82, 2.24) is 15.1 Å². The van der Waals surface area contributed by atoms with E-state index in [1.165, 1.54) is 11.1 Å². The van der Waals surface area contributed by atoms with Crippen LogP contribution in [0.15, 0.2) is 22.6 Å². The summed E-state index contributed by atoms with van der Waals surface area (Å²) >= 11 is 0. The number of rotatable bonds is 4. The van der Waals surface area contributed by atoms with Gasteiger partial charge in [0, 0.05) is 12.1 Å². The minimum atomic E-state index is -0.270. The van der Waals surface area contributed by atoms with Crippen LogP contribution in [0.25, 0.3) is 11.5 Å². The lowest BCUT2D eigenvalue weighted by Gasteiger charge is -2.36. The molecule has 5 nitrogen and oxygen atoms in total. The number of benzene rings is 1. The minimum absolute atomic E-state index is 0.0688. The normalized spacial score (nSPS) is 21.6. The van der Waals surface area contributed by atoms with E-state index >= 15 is 0 Å². The monoisotopic (exact) mass is 329 g/mol. The molecule has 1 aliphatic heterocycles. The first-order valence-corrected chi connectivity index (χ1v) is 8.79. The summed E-state index contributed by atoms with van der Waals surface area (Å²) < 4.78 is 5.95. The quantitative estimate of drug-likeness (QED) is 0.930. The predicted molar refractivity (Wildman–Crippen MR) is 93.6 cm³/mol. The van der Waals surface area contributed by atoms with Crippen LogP contribution >= 0.6 is 0 Å². The Bertz CT molecular complexity index is 696. The fourth-order valence-electron chi connectivity index (χ4n) is 3.34. The van der Waals surface area contributed by atoms with E-state index in [-0.39, 0.29) is 12.1 Å². The molecule has 3 unspecified atom stereocenters. The molecule has 1 N–H and O–H groups in total. The highest BCUT2D eigenvalue weighted by Gasteiger charge is 2.29. The molecule has 1 saturated heterocycles. The number of aromatic nitrogens is 2. The Hall–Kier alpha value is -1.72. The minimum Gasteiger partial charge on any atom is -0.419 e. The smallest absolute Gasteiger partial charge is 0.247 e. The second-order valence-electron chi connectivity index (χ2n) is 7.06. The van der Waals surface area contributed by atoms with Crippen molar-refractivity contribution in [2.24, 2.45) is 5.92 Å². The Kier molecular flexibility index (Phi) is 5.01. The Labute approximate surface area is 143 Å². The standard InChI is InChI=1S/C19H27N3O2/c1-12-7-8-16(10-13(12)2)19-21-20-18(24-19)14(3)22-9-5-6-17(11-22)15(4)23/h7-8,10,14-15,17,23H,5-6,9,11H2,1-4H3. The number of aliphatic hydroxyl groups is 1. The zero-order valence-electron chi connectivity index (χ0n) is 15.0. The summed E-state index contributed by atoms with van der Waals surface area (Å²) in [6.45, 7) is 10.0. The molecule has 5 heteroatoms. The SMILES string of the molecule is Cc1ccc(-c2nnc(C(C)N3CCCC(C(C)O)C3)o2)cc1C. The van der Waals surface area contributed by atoms with Gasteiger partial charge in [-0.15, -0.1) is 10.2 Å². The van der Waals surface area contributed by atoms with Crippen LogP contribution in [0.5, 0.6) is 0 Å². The summed E-state index contributed by atoms with van der Waals surface area (Å²) in [5.74, 6) is 1.54. The van der Waals surface area contributed by atoms with Crippen molar-refractivity contribution in [1.29, 1.82) is 0 Å². The zero-order valence-corrected chi connectivity index (χ0v) is 15.0. The molecule has 0 radical (unpaired) electrons. The molecule has 0 amide bonds. The first-order chi connectivity index (χ1) is 11.5. The third-order valence-electron chi connectivity index (χ3n) is 5.27. The van der Waals surface area contributed by atoms with E-state index in [4.69, 9.17) is 4.42 Å². The molecular weight excluding hydrogens is 302 g/mol. The number of hydrogen-bond donors (Lipinski definition) is 1. The summed E-state index contributed by atoms with van der Waals surface area (Å²) in [6.07, 6.45) is 1.91. The highest BCUT2D eigenvalue weighted by Crippen LogP contribution is 2.29. The Morgan fingerprint density at radius 1 is 1.21 bits per heavy atom. The molecule has 3 atom stereocenters. The van der Waals surface area contributed by atoms with E-state index in [0.29, 0.717) is 17.7 Å². The van der Waals surface area contributed by atoms with Gasteiger partial charge >= 0.3 is 0 Å². The molecule has 0 saturated carbocycles. The van der Waals surface area contributed by atoms with Gasteiger partial charge in [0.25, 0.3) is 0 Å². The fraction of sp³-hybridized carbons (Fsp3) is 0.579. The highest BCUT2D eigenvalue weighted by atomic mass is 16.4. The average Bonchev–Trinajstić information content (AvgIpc) is 3.06. The van der Waals surface area contributed by atoms with Crippen molar-refractivity contribution in [3.05, 3.63) is 35.2 Å². The van der Waals surface area contributed by atoms with Crippen molar-refractivity contribution in [3.8, 4) is 11.5 Å². The van der Waals surface area contributed by atoms with Crippen LogP contribution in [0.2, 0.25) is 0 Å². The van der Waals surface area contributed by atoms with E-state index in [2.05, 4.69) is 48.0 Å². The molecule has 0 aliphatic carbocycles. The number of nitrogens with zero attached hydrogens (tertiary/aromatic N) is 3. The van der Waals surface area contributed by atoms with Gasteiger partial charge in [0.2, 0.25) is 11.8 Å². The number of hydrogen-bond acceptors (Lipinski definition) is 5. The molecule has 3 rings (SSSR count). The molecule has 2 aromatic rings. The van der Waals surface area contributed by atoms with Crippen LogP contribution in [0.3, 0.4) is 0 Å². The van der Waals surface area contributed by atoms with Crippen LogP contribution in [0.4, 0.5) is 0 Å². The topological polar surface area (TPSA) is 62.4 Å². The summed E-state index contributed by atoms with van der Waals surface area (Å²) in [5, 5.41) is 18.4. The number of aliphatic hydroxyl groups excluding tert-OH is 1. The highest BCUT2D eigenvalue weighted by molar-refractivity contribution is 5.55. The zero-order chi connectivity index (χ0) is 17.3. The van der Waals surface area contributed by atoms with E-state index in [9.17, 15) is 5.11 Å². The summed E-state index contributed by atoms with van der Waals surface area (Å²) in [5.41, 5.74) is 3.44. The maximum atomic E-state index is 9.87. The van der Waals surface area contributed by atoms with Gasteiger partial charge in [-0.25, -0.2) is 0 Å².